The molecule has 0 aliphatic rings. The van der Waals surface area contributed by atoms with E-state index >= 15 is 0 Å². The quantitative estimate of drug-likeness (QED) is 0.628. The van der Waals surface area contributed by atoms with Crippen LogP contribution < -0.4 is 5.32 Å². The molecule has 1 aromatic carbocycles. The maximum atomic E-state index is 4.59. The van der Waals surface area contributed by atoms with Gasteiger partial charge in [0.2, 0.25) is 0 Å². The molecule has 0 saturated carbocycles. The molecule has 6 nitrogen and oxygen atoms in total. The molecule has 0 atom stereocenters. The Balaban J connectivity index is 1.82. The Bertz CT molecular complexity index is 1010. The van der Waals surface area contributed by atoms with Gasteiger partial charge in [0.15, 0.2) is 5.82 Å². The summed E-state index contributed by atoms with van der Waals surface area (Å²) in [5.41, 5.74) is 4.90. The van der Waals surface area contributed by atoms with Crippen molar-refractivity contribution in [2.75, 3.05) is 12.4 Å². The summed E-state index contributed by atoms with van der Waals surface area (Å²) in [6.45, 7) is 2.05. The zero-order valence-electron chi connectivity index (χ0n) is 13.4. The highest BCUT2D eigenvalue weighted by molar-refractivity contribution is 5.67. The second-order valence-electron chi connectivity index (χ2n) is 5.52. The van der Waals surface area contributed by atoms with Gasteiger partial charge >= 0.3 is 0 Å². The molecule has 4 rings (SSSR count). The Morgan fingerprint density at radius 2 is 2.00 bits per heavy atom. The van der Waals surface area contributed by atoms with Gasteiger partial charge in [0, 0.05) is 42.5 Å². The van der Waals surface area contributed by atoms with Crippen molar-refractivity contribution in [2.24, 2.45) is 0 Å². The normalized spacial score (nSPS) is 10.9. The third-order valence-electron chi connectivity index (χ3n) is 3.92. The topological polar surface area (TPSA) is 68.0 Å². The summed E-state index contributed by atoms with van der Waals surface area (Å²) in [7, 11) is 1.90. The fourth-order valence-electron chi connectivity index (χ4n) is 2.58. The summed E-state index contributed by atoms with van der Waals surface area (Å²) in [6.07, 6.45) is 5.43. The predicted octanol–water partition coefficient (Wildman–Crippen LogP) is 3.20. The third-order valence-corrected chi connectivity index (χ3v) is 3.92. The number of aromatic nitrogens is 5. The summed E-state index contributed by atoms with van der Waals surface area (Å²) in [4.78, 5) is 13.3. The molecule has 0 spiro atoms. The third kappa shape index (κ3) is 2.48. The van der Waals surface area contributed by atoms with Crippen LogP contribution in [-0.4, -0.2) is 31.6 Å². The van der Waals surface area contributed by atoms with Gasteiger partial charge in [0.25, 0.3) is 5.78 Å². The molecular formula is C18H16N6. The van der Waals surface area contributed by atoms with Crippen LogP contribution in [0, 0.1) is 6.92 Å². The lowest BCUT2D eigenvalue weighted by Crippen LogP contribution is -1.93. The molecule has 0 aliphatic heterocycles. The largest absolute Gasteiger partial charge is 0.388 e. The maximum Gasteiger partial charge on any atom is 0.252 e. The molecule has 6 heteroatoms. The Morgan fingerprint density at radius 3 is 2.79 bits per heavy atom. The van der Waals surface area contributed by atoms with Gasteiger partial charge in [-0.3, -0.25) is 4.98 Å². The van der Waals surface area contributed by atoms with Gasteiger partial charge in [-0.1, -0.05) is 12.1 Å². The number of benzene rings is 1. The van der Waals surface area contributed by atoms with Crippen LogP contribution in [0.25, 0.3) is 28.4 Å². The highest BCUT2D eigenvalue weighted by atomic mass is 15.3. The number of nitrogens with zero attached hydrogens (tertiary/aromatic N) is 5. The van der Waals surface area contributed by atoms with Crippen molar-refractivity contribution in [3.8, 4) is 22.6 Å². The molecule has 0 radical (unpaired) electrons. The van der Waals surface area contributed by atoms with Gasteiger partial charge in [-0.15, -0.1) is 5.10 Å². The number of fused-ring (bicyclic) bond motifs is 1. The van der Waals surface area contributed by atoms with Crippen LogP contribution in [0.3, 0.4) is 0 Å². The molecule has 0 saturated heterocycles. The van der Waals surface area contributed by atoms with E-state index in [1.165, 1.54) is 0 Å². The number of nitrogens with one attached hydrogen (secondary N) is 1. The average Bonchev–Trinajstić information content (AvgIpc) is 3.06. The summed E-state index contributed by atoms with van der Waals surface area (Å²) in [5.74, 6) is 1.23. The minimum atomic E-state index is 0.568. The molecule has 0 unspecified atom stereocenters. The van der Waals surface area contributed by atoms with Crippen molar-refractivity contribution in [1.29, 1.82) is 0 Å². The Labute approximate surface area is 139 Å². The summed E-state index contributed by atoms with van der Waals surface area (Å²) in [5, 5.41) is 7.74. The van der Waals surface area contributed by atoms with Crippen LogP contribution in [-0.2, 0) is 0 Å². The highest BCUT2D eigenvalue weighted by Gasteiger charge is 2.11. The van der Waals surface area contributed by atoms with Gasteiger partial charge in [-0.25, -0.2) is 9.50 Å². The summed E-state index contributed by atoms with van der Waals surface area (Å²) >= 11 is 0. The SMILES string of the molecule is CNc1ccc(C)c(-c2nc3ncc(-c4ccccn4)cn3n2)c1. The van der Waals surface area contributed by atoms with Crippen molar-refractivity contribution in [3.63, 3.8) is 0 Å². The van der Waals surface area contributed by atoms with E-state index in [1.807, 2.05) is 50.5 Å². The van der Waals surface area contributed by atoms with Crippen molar-refractivity contribution in [1.82, 2.24) is 24.6 Å². The lowest BCUT2D eigenvalue weighted by molar-refractivity contribution is 0.942. The van der Waals surface area contributed by atoms with Crippen LogP contribution in [0.2, 0.25) is 0 Å². The standard InChI is InChI=1S/C18H16N6/c1-12-6-7-14(19-2)9-15(12)17-22-18-21-10-13(11-24(18)23-17)16-5-3-4-8-20-16/h3-11,19H,1-2H3. The molecule has 118 valence electrons. The van der Waals surface area contributed by atoms with Crippen molar-refractivity contribution >= 4 is 11.5 Å². The van der Waals surface area contributed by atoms with Crippen LogP contribution in [0.4, 0.5) is 5.69 Å². The fraction of sp³-hybridized carbons (Fsp3) is 0.111. The van der Waals surface area contributed by atoms with E-state index in [0.717, 1.165) is 28.1 Å². The second-order valence-corrected chi connectivity index (χ2v) is 5.52. The molecule has 1 N–H and O–H groups in total. The van der Waals surface area contributed by atoms with Crippen LogP contribution >= 0.6 is 0 Å². The number of anilines is 1. The monoisotopic (exact) mass is 316 g/mol. The molecular weight excluding hydrogens is 300 g/mol. The van der Waals surface area contributed by atoms with E-state index < -0.39 is 0 Å². The molecule has 0 amide bonds. The molecule has 0 fully saturated rings. The Morgan fingerprint density at radius 1 is 1.08 bits per heavy atom. The molecule has 0 aliphatic carbocycles. The van der Waals surface area contributed by atoms with Gasteiger partial charge < -0.3 is 5.32 Å². The van der Waals surface area contributed by atoms with Crippen LogP contribution in [0.1, 0.15) is 5.56 Å². The van der Waals surface area contributed by atoms with E-state index in [2.05, 4.69) is 31.4 Å². The number of rotatable bonds is 3. The predicted molar refractivity (Wildman–Crippen MR) is 93.7 cm³/mol. The molecule has 3 heterocycles. The lowest BCUT2D eigenvalue weighted by Gasteiger charge is -2.05. The zero-order valence-corrected chi connectivity index (χ0v) is 13.4. The Kier molecular flexibility index (Phi) is 3.42. The highest BCUT2D eigenvalue weighted by Crippen LogP contribution is 2.24. The van der Waals surface area contributed by atoms with E-state index in [1.54, 1.807) is 16.9 Å². The van der Waals surface area contributed by atoms with Crippen molar-refractivity contribution < 1.29 is 0 Å². The van der Waals surface area contributed by atoms with Gasteiger partial charge in [0.1, 0.15) is 0 Å². The first-order valence-electron chi connectivity index (χ1n) is 7.67. The minimum Gasteiger partial charge on any atom is -0.388 e. The number of hydrogen-bond acceptors (Lipinski definition) is 5. The van der Waals surface area contributed by atoms with E-state index in [9.17, 15) is 0 Å². The zero-order chi connectivity index (χ0) is 16.5. The first kappa shape index (κ1) is 14.3. The Hall–Kier alpha value is -3.28. The maximum absolute atomic E-state index is 4.59. The minimum absolute atomic E-state index is 0.568. The average molecular weight is 316 g/mol. The number of aryl methyl sites for hydroxylation is 1. The second kappa shape index (κ2) is 5.73. The van der Waals surface area contributed by atoms with Crippen LogP contribution in [0.15, 0.2) is 55.0 Å². The van der Waals surface area contributed by atoms with Crippen molar-refractivity contribution in [3.05, 3.63) is 60.6 Å². The summed E-state index contributed by atoms with van der Waals surface area (Å²) in [6, 6.07) is 11.9. The van der Waals surface area contributed by atoms with E-state index in [-0.39, 0.29) is 0 Å². The van der Waals surface area contributed by atoms with Gasteiger partial charge in [-0.2, -0.15) is 4.98 Å². The number of hydrogen-bond donors (Lipinski definition) is 1. The molecule has 24 heavy (non-hydrogen) atoms. The van der Waals surface area contributed by atoms with E-state index in [4.69, 9.17) is 0 Å². The fourth-order valence-corrected chi connectivity index (χ4v) is 2.58. The number of pyridine rings is 1. The molecule has 4 aromatic rings. The lowest BCUT2D eigenvalue weighted by atomic mass is 10.1. The van der Waals surface area contributed by atoms with Gasteiger partial charge in [-0.05, 0) is 36.8 Å². The molecule has 0 bridgehead atoms. The smallest absolute Gasteiger partial charge is 0.252 e. The van der Waals surface area contributed by atoms with E-state index in [0.29, 0.717) is 11.6 Å². The first-order chi connectivity index (χ1) is 11.7. The van der Waals surface area contributed by atoms with Gasteiger partial charge in [0.05, 0.1) is 5.69 Å². The molecule has 3 aromatic heterocycles. The summed E-state index contributed by atoms with van der Waals surface area (Å²) < 4.78 is 1.70. The van der Waals surface area contributed by atoms with Crippen LogP contribution in [0.5, 0.6) is 0 Å². The first-order valence-corrected chi connectivity index (χ1v) is 7.67. The van der Waals surface area contributed by atoms with Crippen molar-refractivity contribution in [2.45, 2.75) is 6.92 Å².